The molecule has 0 aliphatic rings. The lowest BCUT2D eigenvalue weighted by Gasteiger charge is -2.07. The summed E-state index contributed by atoms with van der Waals surface area (Å²) in [6.07, 6.45) is 0. The van der Waals surface area contributed by atoms with Gasteiger partial charge in [0.2, 0.25) is 0 Å². The molecule has 2 rings (SSSR count). The third-order valence-electron chi connectivity index (χ3n) is 2.32. The van der Waals surface area contributed by atoms with Crippen LogP contribution in [0.3, 0.4) is 0 Å². The number of rotatable bonds is 4. The monoisotopic (exact) mass is 412 g/mol. The van der Waals surface area contributed by atoms with E-state index in [9.17, 15) is 23.6 Å². The van der Waals surface area contributed by atoms with E-state index in [1.54, 1.807) is 0 Å². The highest BCUT2D eigenvalue weighted by molar-refractivity contribution is 9.11. The molecule has 11 heteroatoms. The Kier molecular flexibility index (Phi) is 4.42. The van der Waals surface area contributed by atoms with Crippen molar-refractivity contribution >= 4 is 60.3 Å². The van der Waals surface area contributed by atoms with Gasteiger partial charge in [0.25, 0.3) is 15.7 Å². The van der Waals surface area contributed by atoms with Gasteiger partial charge in [-0.3, -0.25) is 14.8 Å². The van der Waals surface area contributed by atoms with Crippen molar-refractivity contribution in [2.75, 3.05) is 4.72 Å². The molecule has 0 radical (unpaired) electrons. The van der Waals surface area contributed by atoms with Crippen LogP contribution in [-0.2, 0) is 10.0 Å². The second kappa shape index (κ2) is 5.79. The summed E-state index contributed by atoms with van der Waals surface area (Å²) in [4.78, 5) is 9.85. The fourth-order valence-corrected chi connectivity index (χ4v) is 4.85. The number of hydrogen-bond donors (Lipinski definition) is 2. The number of nitro groups is 1. The molecule has 0 spiro atoms. The Morgan fingerprint density at radius 3 is 2.52 bits per heavy atom. The summed E-state index contributed by atoms with van der Waals surface area (Å²) < 4.78 is 26.8. The van der Waals surface area contributed by atoms with Gasteiger partial charge >= 0.3 is 0 Å². The summed E-state index contributed by atoms with van der Waals surface area (Å²) >= 11 is 9.78. The number of halogens is 2. The number of thiophene rings is 1. The summed E-state index contributed by atoms with van der Waals surface area (Å²) in [5, 5.41) is 20.4. The van der Waals surface area contributed by atoms with E-state index >= 15 is 0 Å². The highest BCUT2D eigenvalue weighted by atomic mass is 79.9. The van der Waals surface area contributed by atoms with Crippen molar-refractivity contribution in [3.8, 4) is 5.75 Å². The predicted molar refractivity (Wildman–Crippen MR) is 82.6 cm³/mol. The molecule has 0 unspecified atom stereocenters. The van der Waals surface area contributed by atoms with Crippen LogP contribution in [-0.4, -0.2) is 18.4 Å². The summed E-state index contributed by atoms with van der Waals surface area (Å²) in [6.45, 7) is 0. The lowest BCUT2D eigenvalue weighted by molar-refractivity contribution is -0.384. The van der Waals surface area contributed by atoms with E-state index in [1.165, 1.54) is 6.07 Å². The second-order valence-electron chi connectivity index (χ2n) is 3.75. The van der Waals surface area contributed by atoms with Gasteiger partial charge in [-0.05, 0) is 28.1 Å². The second-order valence-corrected chi connectivity index (χ2v) is 8.44. The smallest absolute Gasteiger partial charge is 0.273 e. The van der Waals surface area contributed by atoms with Crippen LogP contribution in [0.5, 0.6) is 5.75 Å². The quantitative estimate of drug-likeness (QED) is 0.452. The van der Waals surface area contributed by atoms with Gasteiger partial charge in [0.1, 0.15) is 9.96 Å². The van der Waals surface area contributed by atoms with Crippen molar-refractivity contribution in [1.82, 2.24) is 0 Å². The summed E-state index contributed by atoms with van der Waals surface area (Å²) in [5.74, 6) is -0.547. The molecule has 1 heterocycles. The van der Waals surface area contributed by atoms with Crippen LogP contribution >= 0.6 is 38.9 Å². The fourth-order valence-electron chi connectivity index (χ4n) is 1.37. The van der Waals surface area contributed by atoms with Gasteiger partial charge in [0, 0.05) is 6.07 Å². The molecule has 0 saturated carbocycles. The number of nitro benzene ring substituents is 1. The molecule has 0 fully saturated rings. The maximum atomic E-state index is 12.1. The standard InChI is InChI=1S/C10H6BrClN2O5S2/c11-10-6(12)4-9(20-10)21(18,19)13-7-2-1-5(14(16)17)3-8(7)15/h1-4,13,15H. The van der Waals surface area contributed by atoms with E-state index in [2.05, 4.69) is 20.7 Å². The van der Waals surface area contributed by atoms with Crippen molar-refractivity contribution in [3.63, 3.8) is 0 Å². The molecule has 0 saturated heterocycles. The van der Waals surface area contributed by atoms with Gasteiger partial charge in [-0.25, -0.2) is 8.42 Å². The highest BCUT2D eigenvalue weighted by Gasteiger charge is 2.21. The molecule has 21 heavy (non-hydrogen) atoms. The minimum atomic E-state index is -3.95. The number of hydrogen-bond acceptors (Lipinski definition) is 6. The fraction of sp³-hybridized carbons (Fsp3) is 0. The molecular weight excluding hydrogens is 408 g/mol. The van der Waals surface area contributed by atoms with Gasteiger partial charge in [0.05, 0.1) is 25.5 Å². The lowest BCUT2D eigenvalue weighted by Crippen LogP contribution is -2.11. The molecule has 7 nitrogen and oxygen atoms in total. The highest BCUT2D eigenvalue weighted by Crippen LogP contribution is 2.36. The average molecular weight is 414 g/mol. The van der Waals surface area contributed by atoms with Crippen LogP contribution in [0.15, 0.2) is 32.3 Å². The first kappa shape index (κ1) is 16.0. The molecule has 0 aliphatic heterocycles. The van der Waals surface area contributed by atoms with Crippen LogP contribution in [0, 0.1) is 10.1 Å². The van der Waals surface area contributed by atoms with Gasteiger partial charge in [-0.15, -0.1) is 11.3 Å². The minimum absolute atomic E-state index is 0.0582. The van der Waals surface area contributed by atoms with Gasteiger partial charge in [-0.1, -0.05) is 11.6 Å². The zero-order valence-corrected chi connectivity index (χ0v) is 13.9. The van der Waals surface area contributed by atoms with E-state index < -0.39 is 20.7 Å². The Balaban J connectivity index is 2.35. The zero-order chi connectivity index (χ0) is 15.8. The molecule has 0 atom stereocenters. The molecule has 2 aromatic rings. The van der Waals surface area contributed by atoms with Crippen molar-refractivity contribution in [2.45, 2.75) is 4.21 Å². The number of non-ortho nitro benzene ring substituents is 1. The number of nitrogens with zero attached hydrogens (tertiary/aromatic N) is 1. The van der Waals surface area contributed by atoms with Crippen LogP contribution in [0.1, 0.15) is 0 Å². The molecule has 2 N–H and O–H groups in total. The van der Waals surface area contributed by atoms with E-state index in [4.69, 9.17) is 11.6 Å². The number of benzene rings is 1. The number of phenols is 1. The van der Waals surface area contributed by atoms with Gasteiger partial charge in [-0.2, -0.15) is 0 Å². The molecule has 0 bridgehead atoms. The molecule has 0 aliphatic carbocycles. The molecule has 1 aromatic carbocycles. The third kappa shape index (κ3) is 3.46. The van der Waals surface area contributed by atoms with Crippen molar-refractivity contribution < 1.29 is 18.4 Å². The van der Waals surface area contributed by atoms with Crippen LogP contribution in [0.2, 0.25) is 5.02 Å². The number of aromatic hydroxyl groups is 1. The summed E-state index contributed by atoms with van der Waals surface area (Å²) in [7, 11) is -3.95. The molecule has 0 amide bonds. The van der Waals surface area contributed by atoms with Gasteiger partial charge < -0.3 is 5.11 Å². The van der Waals surface area contributed by atoms with Crippen molar-refractivity contribution in [1.29, 1.82) is 0 Å². The van der Waals surface area contributed by atoms with Crippen LogP contribution < -0.4 is 4.72 Å². The molecule has 112 valence electrons. The first-order chi connectivity index (χ1) is 9.70. The topological polar surface area (TPSA) is 110 Å². The summed E-state index contributed by atoms with van der Waals surface area (Å²) in [5.41, 5.74) is -0.515. The third-order valence-corrected chi connectivity index (χ3v) is 6.64. The van der Waals surface area contributed by atoms with Crippen molar-refractivity contribution in [3.05, 3.63) is 43.2 Å². The van der Waals surface area contributed by atoms with Gasteiger partial charge in [0.15, 0.2) is 0 Å². The zero-order valence-electron chi connectivity index (χ0n) is 9.91. The number of anilines is 1. The largest absolute Gasteiger partial charge is 0.505 e. The SMILES string of the molecule is O=[N+]([O-])c1ccc(NS(=O)(=O)c2cc(Cl)c(Br)s2)c(O)c1. The van der Waals surface area contributed by atoms with Crippen LogP contribution in [0.4, 0.5) is 11.4 Å². The molecule has 1 aromatic heterocycles. The number of sulfonamides is 1. The lowest BCUT2D eigenvalue weighted by atomic mass is 10.3. The van der Waals surface area contributed by atoms with E-state index in [0.717, 1.165) is 29.5 Å². The normalized spacial score (nSPS) is 11.3. The first-order valence-corrected chi connectivity index (χ1v) is 8.63. The maximum absolute atomic E-state index is 12.1. The number of phenolic OH excluding ortho intramolecular Hbond substituents is 1. The maximum Gasteiger partial charge on any atom is 0.273 e. The minimum Gasteiger partial charge on any atom is -0.505 e. The average Bonchev–Trinajstić information content (AvgIpc) is 2.72. The Hall–Kier alpha value is -1.36. The first-order valence-electron chi connectivity index (χ1n) is 5.16. The summed E-state index contributed by atoms with van der Waals surface area (Å²) in [6, 6.07) is 4.29. The van der Waals surface area contributed by atoms with E-state index in [-0.39, 0.29) is 20.6 Å². The van der Waals surface area contributed by atoms with E-state index in [1.807, 2.05) is 0 Å². The Labute approximate surface area is 136 Å². The van der Waals surface area contributed by atoms with Crippen molar-refractivity contribution in [2.24, 2.45) is 0 Å². The van der Waals surface area contributed by atoms with E-state index in [0.29, 0.717) is 3.79 Å². The Bertz CT molecular complexity index is 801. The Morgan fingerprint density at radius 2 is 2.05 bits per heavy atom. The predicted octanol–water partition coefficient (Wildman–Crippen LogP) is 3.58. The van der Waals surface area contributed by atoms with Crippen LogP contribution in [0.25, 0.3) is 0 Å². The Morgan fingerprint density at radius 1 is 1.38 bits per heavy atom. The molecular formula is C10H6BrClN2O5S2. The number of nitrogens with one attached hydrogen (secondary N) is 1.